The molecule has 1 rings (SSSR count). The molecule has 52 valence electrons. The number of aliphatic hydroxyl groups is 1. The Labute approximate surface area is 60.3 Å². The number of hydrogen-bond donors (Lipinski definition) is 1. The van der Waals surface area contributed by atoms with E-state index in [0.29, 0.717) is 5.88 Å². The van der Waals surface area contributed by atoms with Crippen molar-refractivity contribution in [3.05, 3.63) is 11.6 Å². The average molecular weight is 147 g/mol. The van der Waals surface area contributed by atoms with E-state index in [2.05, 4.69) is 0 Å². The van der Waals surface area contributed by atoms with Crippen molar-refractivity contribution in [3.63, 3.8) is 0 Å². The second-order valence-corrected chi connectivity index (χ2v) is 2.86. The molecule has 0 bridgehead atoms. The van der Waals surface area contributed by atoms with Crippen LogP contribution in [0.1, 0.15) is 19.8 Å². The molecule has 1 atom stereocenters. The van der Waals surface area contributed by atoms with Crippen molar-refractivity contribution in [3.8, 4) is 0 Å². The van der Waals surface area contributed by atoms with Crippen LogP contribution in [0.15, 0.2) is 11.6 Å². The van der Waals surface area contributed by atoms with Crippen LogP contribution < -0.4 is 0 Å². The van der Waals surface area contributed by atoms with E-state index >= 15 is 0 Å². The fourth-order valence-electron chi connectivity index (χ4n) is 1.09. The molecule has 1 N–H and O–H groups in total. The Kier molecular flexibility index (Phi) is 1.83. The van der Waals surface area contributed by atoms with Crippen molar-refractivity contribution in [2.24, 2.45) is 0 Å². The summed E-state index contributed by atoms with van der Waals surface area (Å²) in [7, 11) is 0. The molecule has 1 aliphatic rings. The van der Waals surface area contributed by atoms with Crippen molar-refractivity contribution >= 4 is 11.6 Å². The zero-order valence-corrected chi connectivity index (χ0v) is 6.28. The molecular weight excluding hydrogens is 136 g/mol. The van der Waals surface area contributed by atoms with E-state index in [1.165, 1.54) is 0 Å². The Morgan fingerprint density at radius 2 is 2.56 bits per heavy atom. The molecule has 1 nitrogen and oxygen atoms in total. The first-order valence-corrected chi connectivity index (χ1v) is 3.68. The minimum absolute atomic E-state index is 0.329. The molecule has 0 amide bonds. The fourth-order valence-corrected chi connectivity index (χ4v) is 1.43. The van der Waals surface area contributed by atoms with E-state index in [1.807, 2.05) is 13.0 Å². The lowest BCUT2D eigenvalue weighted by Gasteiger charge is -2.20. The monoisotopic (exact) mass is 146 g/mol. The molecule has 0 unspecified atom stereocenters. The van der Waals surface area contributed by atoms with Crippen LogP contribution in [0.3, 0.4) is 0 Å². The fraction of sp³-hybridized carbons (Fsp3) is 0.714. The normalized spacial score (nSPS) is 34.8. The van der Waals surface area contributed by atoms with Crippen LogP contribution in [0, 0.1) is 0 Å². The van der Waals surface area contributed by atoms with Crippen molar-refractivity contribution in [1.82, 2.24) is 0 Å². The van der Waals surface area contributed by atoms with Gasteiger partial charge in [0, 0.05) is 0 Å². The minimum Gasteiger partial charge on any atom is -0.384 e. The van der Waals surface area contributed by atoms with E-state index in [0.717, 1.165) is 18.4 Å². The van der Waals surface area contributed by atoms with Gasteiger partial charge in [0.2, 0.25) is 0 Å². The zero-order valence-electron chi connectivity index (χ0n) is 5.52. The van der Waals surface area contributed by atoms with E-state index in [9.17, 15) is 5.11 Å². The van der Waals surface area contributed by atoms with Crippen molar-refractivity contribution < 1.29 is 5.11 Å². The van der Waals surface area contributed by atoms with Crippen molar-refractivity contribution in [2.45, 2.75) is 25.4 Å². The van der Waals surface area contributed by atoms with Gasteiger partial charge in [-0.1, -0.05) is 6.08 Å². The van der Waals surface area contributed by atoms with E-state index in [4.69, 9.17) is 11.6 Å². The summed E-state index contributed by atoms with van der Waals surface area (Å²) in [6, 6.07) is 0. The standard InChI is InChI=1S/C7H11ClO/c1-6-3-2-4-7(6,9)5-8/h3,9H,2,4-5H2,1H3/t7-/m0/s1. The average Bonchev–Trinajstić information content (AvgIpc) is 2.15. The van der Waals surface area contributed by atoms with E-state index in [1.54, 1.807) is 0 Å². The van der Waals surface area contributed by atoms with Crippen LogP contribution in [0.2, 0.25) is 0 Å². The summed E-state index contributed by atoms with van der Waals surface area (Å²) in [5, 5.41) is 9.57. The van der Waals surface area contributed by atoms with E-state index in [-0.39, 0.29) is 0 Å². The molecule has 0 radical (unpaired) electrons. The summed E-state index contributed by atoms with van der Waals surface area (Å²) in [5.74, 6) is 0.329. The molecule has 0 saturated carbocycles. The molecule has 0 aliphatic heterocycles. The first-order valence-electron chi connectivity index (χ1n) is 3.14. The quantitative estimate of drug-likeness (QED) is 0.441. The summed E-state index contributed by atoms with van der Waals surface area (Å²) in [5.41, 5.74) is 0.346. The molecule has 0 aromatic heterocycles. The largest absolute Gasteiger partial charge is 0.384 e. The molecular formula is C7H11ClO. The summed E-state index contributed by atoms with van der Waals surface area (Å²) < 4.78 is 0. The summed E-state index contributed by atoms with van der Waals surface area (Å²) in [6.45, 7) is 1.93. The Balaban J connectivity index is 2.70. The van der Waals surface area contributed by atoms with E-state index < -0.39 is 5.60 Å². The predicted octanol–water partition coefficient (Wildman–Crippen LogP) is 1.70. The van der Waals surface area contributed by atoms with Crippen LogP contribution in [0.5, 0.6) is 0 Å². The Bertz CT molecular complexity index is 142. The summed E-state index contributed by atoms with van der Waals surface area (Å²) in [6.07, 6.45) is 3.81. The topological polar surface area (TPSA) is 20.2 Å². The SMILES string of the molecule is CC1=CCC[C@]1(O)CCl. The van der Waals surface area contributed by atoms with Gasteiger partial charge in [0.15, 0.2) is 0 Å². The number of hydrogen-bond acceptors (Lipinski definition) is 1. The second-order valence-electron chi connectivity index (χ2n) is 2.59. The van der Waals surface area contributed by atoms with Gasteiger partial charge in [-0.25, -0.2) is 0 Å². The van der Waals surface area contributed by atoms with Gasteiger partial charge in [0.1, 0.15) is 0 Å². The molecule has 0 saturated heterocycles. The lowest BCUT2D eigenvalue weighted by molar-refractivity contribution is 0.104. The van der Waals surface area contributed by atoms with Crippen LogP contribution in [-0.4, -0.2) is 16.6 Å². The lowest BCUT2D eigenvalue weighted by atomic mass is 10.00. The van der Waals surface area contributed by atoms with Gasteiger partial charge < -0.3 is 5.11 Å². The highest BCUT2D eigenvalue weighted by molar-refractivity contribution is 6.18. The Morgan fingerprint density at radius 3 is 2.78 bits per heavy atom. The maximum atomic E-state index is 9.57. The van der Waals surface area contributed by atoms with Gasteiger partial charge in [-0.15, -0.1) is 11.6 Å². The lowest BCUT2D eigenvalue weighted by Crippen LogP contribution is -2.28. The molecule has 0 heterocycles. The number of allylic oxidation sites excluding steroid dienone is 1. The third-order valence-corrected chi connectivity index (χ3v) is 2.41. The van der Waals surface area contributed by atoms with Crippen LogP contribution in [0.4, 0.5) is 0 Å². The number of halogens is 1. The molecule has 1 aliphatic carbocycles. The third-order valence-electron chi connectivity index (χ3n) is 1.96. The van der Waals surface area contributed by atoms with Crippen molar-refractivity contribution in [1.29, 1.82) is 0 Å². The number of rotatable bonds is 1. The molecule has 0 aromatic carbocycles. The van der Waals surface area contributed by atoms with Gasteiger partial charge in [0.25, 0.3) is 0 Å². The highest BCUT2D eigenvalue weighted by atomic mass is 35.5. The van der Waals surface area contributed by atoms with Gasteiger partial charge in [-0.2, -0.15) is 0 Å². The first-order chi connectivity index (χ1) is 4.19. The van der Waals surface area contributed by atoms with Crippen molar-refractivity contribution in [2.75, 3.05) is 5.88 Å². The second kappa shape index (κ2) is 2.31. The van der Waals surface area contributed by atoms with Gasteiger partial charge in [-0.05, 0) is 25.3 Å². The highest BCUT2D eigenvalue weighted by Gasteiger charge is 2.30. The molecule has 2 heteroatoms. The number of alkyl halides is 1. The molecule has 0 fully saturated rings. The highest BCUT2D eigenvalue weighted by Crippen LogP contribution is 2.30. The van der Waals surface area contributed by atoms with Gasteiger partial charge in [0.05, 0.1) is 11.5 Å². The summed E-state index contributed by atoms with van der Waals surface area (Å²) in [4.78, 5) is 0. The molecule has 0 spiro atoms. The zero-order chi connectivity index (χ0) is 6.91. The minimum atomic E-state index is -0.679. The summed E-state index contributed by atoms with van der Waals surface area (Å²) >= 11 is 5.55. The third kappa shape index (κ3) is 1.12. The first kappa shape index (κ1) is 7.10. The smallest absolute Gasteiger partial charge is 0.0991 e. The van der Waals surface area contributed by atoms with Gasteiger partial charge in [-0.3, -0.25) is 0 Å². The molecule has 0 aromatic rings. The Hall–Kier alpha value is -0.0100. The maximum absolute atomic E-state index is 9.57. The van der Waals surface area contributed by atoms with Crippen LogP contribution in [-0.2, 0) is 0 Å². The van der Waals surface area contributed by atoms with Gasteiger partial charge >= 0.3 is 0 Å². The molecule has 9 heavy (non-hydrogen) atoms. The predicted molar refractivity (Wildman–Crippen MR) is 38.7 cm³/mol. The van der Waals surface area contributed by atoms with Crippen LogP contribution >= 0.6 is 11.6 Å². The van der Waals surface area contributed by atoms with Crippen LogP contribution in [0.25, 0.3) is 0 Å². The maximum Gasteiger partial charge on any atom is 0.0991 e. The Morgan fingerprint density at radius 1 is 1.89 bits per heavy atom.